The summed E-state index contributed by atoms with van der Waals surface area (Å²) in [5.41, 5.74) is 5.91. The topological polar surface area (TPSA) is 89.6 Å². The number of aromatic carboxylic acids is 1. The number of benzene rings is 1. The SMILES string of the molecule is Cc1ccc(C(=O)O)cc1OC(C)C(N)=O. The molecule has 0 saturated carbocycles. The molecule has 0 aliphatic carbocycles. The van der Waals surface area contributed by atoms with E-state index in [0.717, 1.165) is 5.56 Å². The summed E-state index contributed by atoms with van der Waals surface area (Å²) >= 11 is 0. The number of carbonyl (C=O) groups is 2. The van der Waals surface area contributed by atoms with Crippen LogP contribution in [0.4, 0.5) is 0 Å². The molecule has 5 nitrogen and oxygen atoms in total. The zero-order valence-electron chi connectivity index (χ0n) is 9.06. The van der Waals surface area contributed by atoms with E-state index in [1.807, 2.05) is 0 Å². The maximum absolute atomic E-state index is 10.8. The highest BCUT2D eigenvalue weighted by molar-refractivity contribution is 5.88. The van der Waals surface area contributed by atoms with E-state index >= 15 is 0 Å². The predicted octanol–water partition coefficient (Wildman–Crippen LogP) is 0.946. The van der Waals surface area contributed by atoms with E-state index in [2.05, 4.69) is 0 Å². The van der Waals surface area contributed by atoms with Gasteiger partial charge in [0.05, 0.1) is 5.56 Å². The molecule has 0 heterocycles. The monoisotopic (exact) mass is 223 g/mol. The van der Waals surface area contributed by atoms with Crippen LogP contribution < -0.4 is 10.5 Å². The molecule has 0 saturated heterocycles. The molecule has 1 amide bonds. The largest absolute Gasteiger partial charge is 0.481 e. The summed E-state index contributed by atoms with van der Waals surface area (Å²) in [4.78, 5) is 21.6. The Labute approximate surface area is 92.8 Å². The van der Waals surface area contributed by atoms with E-state index in [1.54, 1.807) is 13.0 Å². The van der Waals surface area contributed by atoms with E-state index in [4.69, 9.17) is 15.6 Å². The Morgan fingerprint density at radius 1 is 1.44 bits per heavy atom. The summed E-state index contributed by atoms with van der Waals surface area (Å²) in [6.45, 7) is 3.27. The lowest BCUT2D eigenvalue weighted by Gasteiger charge is -2.13. The smallest absolute Gasteiger partial charge is 0.335 e. The molecule has 1 aromatic carbocycles. The Morgan fingerprint density at radius 2 is 2.06 bits per heavy atom. The minimum absolute atomic E-state index is 0.109. The van der Waals surface area contributed by atoms with Crippen molar-refractivity contribution in [3.63, 3.8) is 0 Å². The van der Waals surface area contributed by atoms with Crippen LogP contribution in [0.5, 0.6) is 5.75 Å². The number of carboxylic acid groups (broad SMARTS) is 1. The number of carbonyl (C=O) groups excluding carboxylic acids is 1. The fourth-order valence-corrected chi connectivity index (χ4v) is 1.11. The van der Waals surface area contributed by atoms with Gasteiger partial charge in [0.15, 0.2) is 6.10 Å². The third-order valence-electron chi connectivity index (χ3n) is 2.14. The van der Waals surface area contributed by atoms with Crippen LogP contribution in [0.2, 0.25) is 0 Å². The van der Waals surface area contributed by atoms with Gasteiger partial charge in [0, 0.05) is 0 Å². The van der Waals surface area contributed by atoms with Crippen molar-refractivity contribution in [2.45, 2.75) is 20.0 Å². The predicted molar refractivity (Wildman–Crippen MR) is 57.4 cm³/mol. The molecule has 86 valence electrons. The van der Waals surface area contributed by atoms with Gasteiger partial charge in [0.1, 0.15) is 5.75 Å². The van der Waals surface area contributed by atoms with E-state index in [9.17, 15) is 9.59 Å². The molecule has 1 unspecified atom stereocenters. The Hall–Kier alpha value is -2.04. The number of primary amides is 1. The minimum Gasteiger partial charge on any atom is -0.481 e. The zero-order chi connectivity index (χ0) is 12.3. The fourth-order valence-electron chi connectivity index (χ4n) is 1.11. The first-order chi connectivity index (χ1) is 7.41. The van der Waals surface area contributed by atoms with Gasteiger partial charge >= 0.3 is 5.97 Å². The van der Waals surface area contributed by atoms with Crippen molar-refractivity contribution in [1.29, 1.82) is 0 Å². The van der Waals surface area contributed by atoms with Gasteiger partial charge in [-0.1, -0.05) is 6.07 Å². The van der Waals surface area contributed by atoms with Crippen LogP contribution in [-0.4, -0.2) is 23.1 Å². The van der Waals surface area contributed by atoms with Crippen LogP contribution in [0.1, 0.15) is 22.8 Å². The first kappa shape index (κ1) is 12.0. The van der Waals surface area contributed by atoms with Gasteiger partial charge in [0.25, 0.3) is 5.91 Å². The van der Waals surface area contributed by atoms with Crippen LogP contribution in [0, 0.1) is 6.92 Å². The highest BCUT2D eigenvalue weighted by Gasteiger charge is 2.13. The minimum atomic E-state index is -1.04. The van der Waals surface area contributed by atoms with Gasteiger partial charge in [-0.3, -0.25) is 4.79 Å². The molecule has 0 aliphatic heterocycles. The van der Waals surface area contributed by atoms with Crippen molar-refractivity contribution in [3.05, 3.63) is 29.3 Å². The second-order valence-electron chi connectivity index (χ2n) is 3.45. The lowest BCUT2D eigenvalue weighted by molar-refractivity contribution is -0.123. The van der Waals surface area contributed by atoms with Crippen molar-refractivity contribution >= 4 is 11.9 Å². The van der Waals surface area contributed by atoms with Gasteiger partial charge in [-0.25, -0.2) is 4.79 Å². The zero-order valence-corrected chi connectivity index (χ0v) is 9.06. The summed E-state index contributed by atoms with van der Waals surface area (Å²) in [6.07, 6.45) is -0.789. The summed E-state index contributed by atoms with van der Waals surface area (Å²) in [6, 6.07) is 4.46. The van der Waals surface area contributed by atoms with E-state index in [0.29, 0.717) is 5.75 Å². The second-order valence-corrected chi connectivity index (χ2v) is 3.45. The van der Waals surface area contributed by atoms with Crippen LogP contribution in [0.3, 0.4) is 0 Å². The van der Waals surface area contributed by atoms with Crippen LogP contribution in [0.25, 0.3) is 0 Å². The molecule has 1 atom stereocenters. The number of carboxylic acids is 1. The average molecular weight is 223 g/mol. The number of amides is 1. The number of nitrogens with two attached hydrogens (primary N) is 1. The third-order valence-corrected chi connectivity index (χ3v) is 2.14. The third kappa shape index (κ3) is 2.73. The summed E-state index contributed by atoms with van der Waals surface area (Å²) < 4.78 is 5.26. The Bertz CT molecular complexity index is 428. The van der Waals surface area contributed by atoms with E-state index < -0.39 is 18.0 Å². The van der Waals surface area contributed by atoms with Crippen LogP contribution in [-0.2, 0) is 4.79 Å². The van der Waals surface area contributed by atoms with Crippen molar-refractivity contribution in [1.82, 2.24) is 0 Å². The molecule has 0 fully saturated rings. The first-order valence-corrected chi connectivity index (χ1v) is 4.71. The number of hydrogen-bond acceptors (Lipinski definition) is 3. The Balaban J connectivity index is 2.98. The van der Waals surface area contributed by atoms with Gasteiger partial charge in [-0.05, 0) is 31.5 Å². The molecule has 0 aromatic heterocycles. The number of rotatable bonds is 4. The molecule has 0 aliphatic rings. The van der Waals surface area contributed by atoms with Crippen molar-refractivity contribution < 1.29 is 19.4 Å². The number of hydrogen-bond donors (Lipinski definition) is 2. The first-order valence-electron chi connectivity index (χ1n) is 4.71. The maximum Gasteiger partial charge on any atom is 0.335 e. The summed E-state index contributed by atoms with van der Waals surface area (Å²) in [7, 11) is 0. The van der Waals surface area contributed by atoms with Crippen LogP contribution in [0.15, 0.2) is 18.2 Å². The van der Waals surface area contributed by atoms with Gasteiger partial charge in [-0.15, -0.1) is 0 Å². The average Bonchev–Trinajstić information content (AvgIpc) is 2.20. The highest BCUT2D eigenvalue weighted by Crippen LogP contribution is 2.20. The fraction of sp³-hybridized carbons (Fsp3) is 0.273. The number of ether oxygens (including phenoxy) is 1. The van der Waals surface area contributed by atoms with E-state index in [-0.39, 0.29) is 5.56 Å². The number of aryl methyl sites for hydroxylation is 1. The second kappa shape index (κ2) is 4.65. The Kier molecular flexibility index (Phi) is 3.50. The van der Waals surface area contributed by atoms with Crippen molar-refractivity contribution in [3.8, 4) is 5.75 Å². The molecule has 5 heteroatoms. The molecular weight excluding hydrogens is 210 g/mol. The quantitative estimate of drug-likeness (QED) is 0.795. The lowest BCUT2D eigenvalue weighted by Crippen LogP contribution is -2.30. The maximum atomic E-state index is 10.8. The molecule has 1 aromatic rings. The molecular formula is C11H13NO4. The standard InChI is InChI=1S/C11H13NO4/c1-6-3-4-8(11(14)15)5-9(6)16-7(2)10(12)13/h3-5,7H,1-2H3,(H2,12,13)(H,14,15). The van der Waals surface area contributed by atoms with Crippen molar-refractivity contribution in [2.24, 2.45) is 5.73 Å². The molecule has 16 heavy (non-hydrogen) atoms. The van der Waals surface area contributed by atoms with Gasteiger partial charge < -0.3 is 15.6 Å². The molecule has 1 rings (SSSR count). The Morgan fingerprint density at radius 3 is 2.56 bits per heavy atom. The molecule has 0 spiro atoms. The molecule has 0 radical (unpaired) electrons. The summed E-state index contributed by atoms with van der Waals surface area (Å²) in [5, 5.41) is 8.80. The van der Waals surface area contributed by atoms with Gasteiger partial charge in [0.2, 0.25) is 0 Å². The van der Waals surface area contributed by atoms with Gasteiger partial charge in [-0.2, -0.15) is 0 Å². The highest BCUT2D eigenvalue weighted by atomic mass is 16.5. The van der Waals surface area contributed by atoms with Crippen molar-refractivity contribution in [2.75, 3.05) is 0 Å². The van der Waals surface area contributed by atoms with Crippen LogP contribution >= 0.6 is 0 Å². The lowest BCUT2D eigenvalue weighted by atomic mass is 10.1. The molecule has 3 N–H and O–H groups in total. The summed E-state index contributed by atoms with van der Waals surface area (Å²) in [5.74, 6) is -1.29. The van der Waals surface area contributed by atoms with E-state index in [1.165, 1.54) is 19.1 Å². The molecule has 0 bridgehead atoms. The normalized spacial score (nSPS) is 11.9.